The van der Waals surface area contributed by atoms with Crippen LogP contribution in [0, 0.1) is 22.9 Å². The lowest BCUT2D eigenvalue weighted by Crippen LogP contribution is -2.51. The van der Waals surface area contributed by atoms with Gasteiger partial charge < -0.3 is 4.90 Å². The Morgan fingerprint density at radius 1 is 1.20 bits per heavy atom. The number of benzene rings is 2. The number of non-ortho nitro benzene ring substituents is 1. The first-order valence-corrected chi connectivity index (χ1v) is 10.9. The van der Waals surface area contributed by atoms with Crippen molar-refractivity contribution in [2.75, 3.05) is 26.2 Å². The van der Waals surface area contributed by atoms with E-state index in [2.05, 4.69) is 0 Å². The second-order valence-corrected chi connectivity index (χ2v) is 9.18. The molecule has 0 saturated carbocycles. The molecule has 1 saturated heterocycles. The molecule has 3 rings (SSSR count). The summed E-state index contributed by atoms with van der Waals surface area (Å²) < 4.78 is 41.1. The van der Waals surface area contributed by atoms with Crippen molar-refractivity contribution in [3.63, 3.8) is 0 Å². The molecule has 2 aromatic rings. The molecule has 0 N–H and O–H groups in total. The molecule has 1 heterocycles. The Labute approximate surface area is 178 Å². The van der Waals surface area contributed by atoms with Crippen molar-refractivity contribution in [1.29, 1.82) is 0 Å². The summed E-state index contributed by atoms with van der Waals surface area (Å²) in [4.78, 5) is 24.2. The van der Waals surface area contributed by atoms with Crippen LogP contribution < -0.4 is 0 Å². The molecule has 0 aromatic heterocycles. The molecule has 0 atom stereocenters. The van der Waals surface area contributed by atoms with Crippen LogP contribution in [0.5, 0.6) is 0 Å². The molecule has 1 amide bonds. The molecular weight excluding hydrogens is 437 g/mol. The number of carbonyl (C=O) groups excluding carboxylic acids is 1. The van der Waals surface area contributed by atoms with E-state index in [1.165, 1.54) is 39.5 Å². The van der Waals surface area contributed by atoms with Crippen LogP contribution in [0.25, 0.3) is 0 Å². The first-order valence-electron chi connectivity index (χ1n) is 9.07. The Kier molecular flexibility index (Phi) is 6.39. The number of aryl methyl sites for hydroxylation is 1. The number of sulfonamides is 1. The number of hydrogen-bond acceptors (Lipinski definition) is 5. The van der Waals surface area contributed by atoms with E-state index >= 15 is 0 Å². The summed E-state index contributed by atoms with van der Waals surface area (Å²) in [5.74, 6) is -0.927. The number of hydrogen-bond donors (Lipinski definition) is 0. The van der Waals surface area contributed by atoms with Crippen molar-refractivity contribution in [2.24, 2.45) is 0 Å². The summed E-state index contributed by atoms with van der Waals surface area (Å²) >= 11 is 5.97. The Bertz CT molecular complexity index is 1080. The third-order valence-electron chi connectivity index (χ3n) is 4.98. The van der Waals surface area contributed by atoms with Gasteiger partial charge in [-0.05, 0) is 24.6 Å². The number of halogens is 2. The van der Waals surface area contributed by atoms with Crippen LogP contribution in [0.2, 0.25) is 5.02 Å². The number of nitro benzene ring substituents is 1. The van der Waals surface area contributed by atoms with Gasteiger partial charge >= 0.3 is 0 Å². The van der Waals surface area contributed by atoms with Gasteiger partial charge in [0.25, 0.3) is 5.69 Å². The molecule has 1 aliphatic heterocycles. The van der Waals surface area contributed by atoms with E-state index in [4.69, 9.17) is 11.6 Å². The van der Waals surface area contributed by atoms with Gasteiger partial charge in [-0.2, -0.15) is 4.31 Å². The predicted molar refractivity (Wildman–Crippen MR) is 108 cm³/mol. The summed E-state index contributed by atoms with van der Waals surface area (Å²) in [7, 11) is -3.96. The molecule has 0 aliphatic carbocycles. The first kappa shape index (κ1) is 22.1. The van der Waals surface area contributed by atoms with Gasteiger partial charge in [0.2, 0.25) is 15.9 Å². The average molecular weight is 456 g/mol. The third kappa shape index (κ3) is 4.45. The van der Waals surface area contributed by atoms with Crippen LogP contribution in [-0.4, -0.2) is 54.6 Å². The quantitative estimate of drug-likeness (QED) is 0.509. The Hall–Kier alpha value is -2.56. The van der Waals surface area contributed by atoms with Crippen LogP contribution in [0.3, 0.4) is 0 Å². The van der Waals surface area contributed by atoms with Crippen molar-refractivity contribution < 1.29 is 22.5 Å². The van der Waals surface area contributed by atoms with Crippen LogP contribution in [-0.2, 0) is 21.2 Å². The first-order chi connectivity index (χ1) is 14.1. The van der Waals surface area contributed by atoms with E-state index in [-0.39, 0.29) is 59.7 Å². The fraction of sp³-hybridized carbons (Fsp3) is 0.316. The molecule has 160 valence electrons. The molecule has 2 aromatic carbocycles. The van der Waals surface area contributed by atoms with Crippen LogP contribution in [0.4, 0.5) is 10.1 Å². The van der Waals surface area contributed by atoms with E-state index in [1.54, 1.807) is 6.92 Å². The summed E-state index contributed by atoms with van der Waals surface area (Å²) in [5, 5.41) is 11.2. The van der Waals surface area contributed by atoms with E-state index in [1.807, 2.05) is 0 Å². The minimum absolute atomic E-state index is 0.0290. The number of rotatable bonds is 5. The van der Waals surface area contributed by atoms with E-state index < -0.39 is 20.8 Å². The van der Waals surface area contributed by atoms with E-state index in [0.29, 0.717) is 5.56 Å². The minimum Gasteiger partial charge on any atom is -0.340 e. The van der Waals surface area contributed by atoms with Gasteiger partial charge in [-0.3, -0.25) is 14.9 Å². The van der Waals surface area contributed by atoms with Crippen molar-refractivity contribution >= 4 is 33.2 Å². The van der Waals surface area contributed by atoms with Gasteiger partial charge in [0.05, 0.1) is 16.2 Å². The molecule has 30 heavy (non-hydrogen) atoms. The van der Waals surface area contributed by atoms with Gasteiger partial charge in [0, 0.05) is 48.9 Å². The minimum atomic E-state index is -3.96. The fourth-order valence-corrected chi connectivity index (χ4v) is 5.16. The zero-order chi connectivity index (χ0) is 22.1. The third-order valence-corrected chi connectivity index (χ3v) is 7.38. The van der Waals surface area contributed by atoms with Crippen molar-refractivity contribution in [3.8, 4) is 0 Å². The highest BCUT2D eigenvalue weighted by Crippen LogP contribution is 2.26. The molecule has 0 radical (unpaired) electrons. The number of carbonyl (C=O) groups is 1. The highest BCUT2D eigenvalue weighted by molar-refractivity contribution is 7.89. The average Bonchev–Trinajstić information content (AvgIpc) is 2.70. The summed E-state index contributed by atoms with van der Waals surface area (Å²) in [6.07, 6.45) is -0.220. The largest absolute Gasteiger partial charge is 0.340 e. The zero-order valence-corrected chi connectivity index (χ0v) is 17.6. The predicted octanol–water partition coefficient (Wildman–Crippen LogP) is 2.77. The molecule has 8 nitrogen and oxygen atoms in total. The maximum absolute atomic E-state index is 13.9. The lowest BCUT2D eigenvalue weighted by atomic mass is 10.1. The maximum atomic E-state index is 13.9. The van der Waals surface area contributed by atoms with Gasteiger partial charge in [-0.25, -0.2) is 12.8 Å². The molecular formula is C19H19ClFN3O5S. The van der Waals surface area contributed by atoms with Gasteiger partial charge in [0.15, 0.2) is 0 Å². The number of nitrogens with zero attached hydrogens (tertiary/aromatic N) is 3. The summed E-state index contributed by atoms with van der Waals surface area (Å²) in [6.45, 7) is 1.87. The number of nitro groups is 1. The van der Waals surface area contributed by atoms with Gasteiger partial charge in [-0.1, -0.05) is 23.7 Å². The highest BCUT2D eigenvalue weighted by Gasteiger charge is 2.32. The Morgan fingerprint density at radius 3 is 2.47 bits per heavy atom. The van der Waals surface area contributed by atoms with E-state index in [0.717, 1.165) is 6.07 Å². The number of amides is 1. The topological polar surface area (TPSA) is 101 Å². The Balaban J connectivity index is 1.71. The summed E-state index contributed by atoms with van der Waals surface area (Å²) in [6, 6.07) is 7.86. The standard InChI is InChI=1S/C19H19ClFN3O5S/c1-13-5-6-14(24(26)27)11-18(13)30(28,29)23-9-7-22(8-10-23)19(25)12-15-16(20)3-2-4-17(15)21/h2-6,11H,7-10,12H2,1H3. The molecule has 11 heteroatoms. The zero-order valence-electron chi connectivity index (χ0n) is 16.0. The van der Waals surface area contributed by atoms with E-state index in [9.17, 15) is 27.7 Å². The second kappa shape index (κ2) is 8.66. The molecule has 1 fully saturated rings. The van der Waals surface area contributed by atoms with Crippen LogP contribution >= 0.6 is 11.6 Å². The second-order valence-electron chi connectivity index (χ2n) is 6.87. The molecule has 1 aliphatic rings. The van der Waals surface area contributed by atoms with Gasteiger partial charge in [0.1, 0.15) is 5.82 Å². The molecule has 0 unspecified atom stereocenters. The van der Waals surface area contributed by atoms with Crippen LogP contribution in [0.15, 0.2) is 41.3 Å². The molecule has 0 bridgehead atoms. The lowest BCUT2D eigenvalue weighted by Gasteiger charge is -2.34. The fourth-order valence-electron chi connectivity index (χ4n) is 3.26. The highest BCUT2D eigenvalue weighted by atomic mass is 35.5. The summed E-state index contributed by atoms with van der Waals surface area (Å²) in [5.41, 5.74) is 0.189. The van der Waals surface area contributed by atoms with Crippen molar-refractivity contribution in [2.45, 2.75) is 18.2 Å². The normalized spacial score (nSPS) is 15.2. The Morgan fingerprint density at radius 2 is 1.87 bits per heavy atom. The number of piperazine rings is 1. The maximum Gasteiger partial charge on any atom is 0.270 e. The molecule has 0 spiro atoms. The SMILES string of the molecule is Cc1ccc([N+](=O)[O-])cc1S(=O)(=O)N1CCN(C(=O)Cc2c(F)cccc2Cl)CC1. The van der Waals surface area contributed by atoms with Crippen LogP contribution in [0.1, 0.15) is 11.1 Å². The lowest BCUT2D eigenvalue weighted by molar-refractivity contribution is -0.385. The van der Waals surface area contributed by atoms with Gasteiger partial charge in [-0.15, -0.1) is 0 Å². The monoisotopic (exact) mass is 455 g/mol. The van der Waals surface area contributed by atoms with Crippen molar-refractivity contribution in [1.82, 2.24) is 9.21 Å². The van der Waals surface area contributed by atoms with Crippen molar-refractivity contribution in [3.05, 3.63) is 68.5 Å². The smallest absolute Gasteiger partial charge is 0.270 e.